The van der Waals surface area contributed by atoms with Crippen LogP contribution < -0.4 is 0 Å². The van der Waals surface area contributed by atoms with Gasteiger partial charge in [0.1, 0.15) is 11.6 Å². The molecule has 2 heteroatoms. The summed E-state index contributed by atoms with van der Waals surface area (Å²) in [6.07, 6.45) is 3.42. The van der Waals surface area contributed by atoms with Gasteiger partial charge in [-0.05, 0) is 12.0 Å². The van der Waals surface area contributed by atoms with Gasteiger partial charge in [0.15, 0.2) is 5.38 Å². The fourth-order valence-corrected chi connectivity index (χ4v) is 2.18. The van der Waals surface area contributed by atoms with Crippen LogP contribution in [0.5, 0.6) is 0 Å². The van der Waals surface area contributed by atoms with Crippen molar-refractivity contribution in [1.82, 2.24) is 0 Å². The fourth-order valence-electron chi connectivity index (χ4n) is 1.86. The van der Waals surface area contributed by atoms with Crippen molar-refractivity contribution in [2.24, 2.45) is 0 Å². The fraction of sp³-hybridized carbons (Fsp3) is 0.500. The van der Waals surface area contributed by atoms with E-state index in [0.717, 1.165) is 25.9 Å². The van der Waals surface area contributed by atoms with E-state index < -0.39 is 0 Å². The summed E-state index contributed by atoms with van der Waals surface area (Å²) < 4.78 is 5.69. The molecule has 1 aliphatic heterocycles. The van der Waals surface area contributed by atoms with Gasteiger partial charge in [-0.3, -0.25) is 0 Å². The second-order valence-corrected chi connectivity index (χ2v) is 4.50. The lowest BCUT2D eigenvalue weighted by atomic mass is 10.0. The minimum absolute atomic E-state index is 0.341. The van der Waals surface area contributed by atoms with E-state index in [9.17, 15) is 0 Å². The molecule has 1 fully saturated rings. The van der Waals surface area contributed by atoms with Gasteiger partial charge in [-0.15, -0.1) is 0 Å². The number of halogens is 1. The van der Waals surface area contributed by atoms with Crippen molar-refractivity contribution in [1.29, 1.82) is 0 Å². The van der Waals surface area contributed by atoms with E-state index >= 15 is 0 Å². The number of rotatable bonds is 2. The lowest BCUT2D eigenvalue weighted by Gasteiger charge is -2.22. The van der Waals surface area contributed by atoms with Crippen LogP contribution >= 0.6 is 0 Å². The molecule has 1 aromatic carbocycles. The molecule has 2 atom stereocenters. The van der Waals surface area contributed by atoms with Crippen LogP contribution in [-0.2, 0) is 11.2 Å². The standard InChI is InChI=1S/C12H16ClO/c13-11-6-7-14-12(9-11)8-10-4-2-1-3-5-10/h1-5,11-13H,6-9H2/q+1/t11-,12+/m0/s1. The van der Waals surface area contributed by atoms with Gasteiger partial charge in [-0.1, -0.05) is 30.3 Å². The first-order valence-electron chi connectivity index (χ1n) is 5.16. The number of ether oxygens (including phenoxy) is 1. The van der Waals surface area contributed by atoms with Crippen molar-refractivity contribution < 1.29 is 16.3 Å². The molecule has 0 N–H and O–H groups in total. The predicted molar refractivity (Wildman–Crippen MR) is 54.3 cm³/mol. The van der Waals surface area contributed by atoms with Crippen LogP contribution in [0.1, 0.15) is 18.4 Å². The predicted octanol–water partition coefficient (Wildman–Crippen LogP) is 2.06. The highest BCUT2D eigenvalue weighted by Gasteiger charge is 2.25. The molecule has 1 nitrogen and oxygen atoms in total. The van der Waals surface area contributed by atoms with E-state index in [1.807, 2.05) is 6.07 Å². The minimum Gasteiger partial charge on any atom is -0.377 e. The molecule has 1 aliphatic rings. The number of benzene rings is 1. The van der Waals surface area contributed by atoms with Crippen molar-refractivity contribution in [2.75, 3.05) is 6.61 Å². The van der Waals surface area contributed by atoms with Gasteiger partial charge in [-0.25, -0.2) is 0 Å². The van der Waals surface area contributed by atoms with Crippen LogP contribution in [-0.4, -0.2) is 18.1 Å². The molecule has 0 bridgehead atoms. The van der Waals surface area contributed by atoms with Crippen molar-refractivity contribution in [3.8, 4) is 0 Å². The second kappa shape index (κ2) is 4.81. The quantitative estimate of drug-likeness (QED) is 0.681. The molecule has 1 saturated heterocycles. The average molecular weight is 212 g/mol. The van der Waals surface area contributed by atoms with E-state index in [1.54, 1.807) is 0 Å². The average Bonchev–Trinajstić information content (AvgIpc) is 2.19. The molecule has 0 aliphatic carbocycles. The summed E-state index contributed by atoms with van der Waals surface area (Å²) >= 11 is 5.30. The molecule has 0 unspecified atom stereocenters. The molecule has 76 valence electrons. The van der Waals surface area contributed by atoms with E-state index in [-0.39, 0.29) is 0 Å². The molecule has 1 heterocycles. The lowest BCUT2D eigenvalue weighted by Crippen LogP contribution is -2.29. The summed E-state index contributed by atoms with van der Waals surface area (Å²) in [6, 6.07) is 10.5. The largest absolute Gasteiger partial charge is 0.377 e. The Morgan fingerprint density at radius 2 is 2.07 bits per heavy atom. The van der Waals surface area contributed by atoms with Gasteiger partial charge < -0.3 is 4.74 Å². The maximum atomic E-state index is 5.69. The minimum atomic E-state index is 0.341. The Hall–Kier alpha value is -0.530. The first-order chi connectivity index (χ1) is 6.84. The summed E-state index contributed by atoms with van der Waals surface area (Å²) in [6.45, 7) is 0.839. The molecular formula is C12H16ClO+. The van der Waals surface area contributed by atoms with Crippen LogP contribution in [0.2, 0.25) is 0 Å². The normalized spacial score (nSPS) is 27.5. The monoisotopic (exact) mass is 211 g/mol. The molecule has 1 aromatic rings. The van der Waals surface area contributed by atoms with Gasteiger partial charge >= 0.3 is 0 Å². The van der Waals surface area contributed by atoms with E-state index in [2.05, 4.69) is 24.3 Å². The molecule has 0 aromatic heterocycles. The Morgan fingerprint density at radius 3 is 2.79 bits per heavy atom. The number of alkyl halides is 1. The van der Waals surface area contributed by atoms with Crippen LogP contribution in [0.3, 0.4) is 0 Å². The highest BCUT2D eigenvalue weighted by atomic mass is 35.5. The first kappa shape index (κ1) is 10.0. The topological polar surface area (TPSA) is 9.23 Å². The number of hydrogen-bond donors (Lipinski definition) is 0. The van der Waals surface area contributed by atoms with Crippen molar-refractivity contribution in [3.05, 3.63) is 35.9 Å². The molecule has 2 rings (SSSR count). The van der Waals surface area contributed by atoms with Gasteiger partial charge in [-0.2, -0.15) is 0 Å². The summed E-state index contributed by atoms with van der Waals surface area (Å²) in [7, 11) is 0. The molecular weight excluding hydrogens is 196 g/mol. The highest BCUT2D eigenvalue weighted by molar-refractivity contribution is 5.15. The highest BCUT2D eigenvalue weighted by Crippen LogP contribution is 2.18. The molecule has 0 radical (unpaired) electrons. The molecule has 14 heavy (non-hydrogen) atoms. The van der Waals surface area contributed by atoms with Crippen LogP contribution in [0.15, 0.2) is 30.3 Å². The first-order valence-corrected chi connectivity index (χ1v) is 5.63. The third-order valence-corrected chi connectivity index (χ3v) is 3.05. The third kappa shape index (κ3) is 2.73. The zero-order chi connectivity index (χ0) is 9.80. The van der Waals surface area contributed by atoms with Crippen LogP contribution in [0.25, 0.3) is 0 Å². The second-order valence-electron chi connectivity index (χ2n) is 3.83. The van der Waals surface area contributed by atoms with Crippen molar-refractivity contribution in [3.63, 3.8) is 0 Å². The summed E-state index contributed by atoms with van der Waals surface area (Å²) in [5, 5.41) is 0.414. The zero-order valence-corrected chi connectivity index (χ0v) is 9.00. The van der Waals surface area contributed by atoms with E-state index in [1.165, 1.54) is 5.56 Å². The molecule has 0 saturated carbocycles. The van der Waals surface area contributed by atoms with Gasteiger partial charge in [0.2, 0.25) is 0 Å². The van der Waals surface area contributed by atoms with E-state index in [4.69, 9.17) is 16.3 Å². The Labute approximate surface area is 90.0 Å². The zero-order valence-electron chi connectivity index (χ0n) is 8.19. The molecule has 0 spiro atoms. The summed E-state index contributed by atoms with van der Waals surface area (Å²) in [5.74, 6) is 0. The Kier molecular flexibility index (Phi) is 3.44. The van der Waals surface area contributed by atoms with E-state index in [0.29, 0.717) is 11.5 Å². The lowest BCUT2D eigenvalue weighted by molar-refractivity contribution is -0.433. The van der Waals surface area contributed by atoms with Crippen LogP contribution in [0, 0.1) is 11.6 Å². The maximum Gasteiger partial charge on any atom is 0.184 e. The molecule has 0 amide bonds. The summed E-state index contributed by atoms with van der Waals surface area (Å²) in [5.41, 5.74) is 1.35. The third-order valence-electron chi connectivity index (χ3n) is 2.63. The maximum absolute atomic E-state index is 5.69. The van der Waals surface area contributed by atoms with Gasteiger partial charge in [0, 0.05) is 12.8 Å². The number of hydrogen-bond acceptors (Lipinski definition) is 1. The SMILES string of the molecule is [ClH+][C@H]1CCO[C@H](Cc2ccccc2)C1. The summed E-state index contributed by atoms with van der Waals surface area (Å²) in [4.78, 5) is 0. The Balaban J connectivity index is 1.91. The van der Waals surface area contributed by atoms with Crippen molar-refractivity contribution in [2.45, 2.75) is 30.7 Å². The van der Waals surface area contributed by atoms with Crippen molar-refractivity contribution >= 4 is 0 Å². The Morgan fingerprint density at radius 1 is 1.29 bits per heavy atom. The van der Waals surface area contributed by atoms with Gasteiger partial charge in [0.05, 0.1) is 12.7 Å². The smallest absolute Gasteiger partial charge is 0.184 e. The van der Waals surface area contributed by atoms with Crippen LogP contribution in [0.4, 0.5) is 0 Å². The van der Waals surface area contributed by atoms with Gasteiger partial charge in [0.25, 0.3) is 0 Å². The Bertz CT molecular complexity index is 273.